The second-order valence-electron chi connectivity index (χ2n) is 7.06. The number of nitrogens with zero attached hydrogens (tertiary/aromatic N) is 4. The van der Waals surface area contributed by atoms with Crippen molar-refractivity contribution in [1.82, 2.24) is 19.8 Å². The Bertz CT molecular complexity index is 654. The van der Waals surface area contributed by atoms with Crippen molar-refractivity contribution < 1.29 is 0 Å². The number of hydrogen-bond acceptors (Lipinski definition) is 4. The fourth-order valence-corrected chi connectivity index (χ4v) is 3.31. The van der Waals surface area contributed by atoms with Gasteiger partial charge >= 0.3 is 0 Å². The summed E-state index contributed by atoms with van der Waals surface area (Å²) in [5.41, 5.74) is 4.81. The Labute approximate surface area is 119 Å². The molecule has 3 rings (SSSR count). The first-order valence-electron chi connectivity index (χ1n) is 7.18. The molecule has 0 spiro atoms. The fraction of sp³-hybridized carbons (Fsp3) is 0.667. The number of aryl methyl sites for hydroxylation is 1. The molecule has 108 valence electrons. The molecule has 0 saturated heterocycles. The number of fused-ring (bicyclic) bond motifs is 1. The molecule has 0 radical (unpaired) electrons. The van der Waals surface area contributed by atoms with E-state index in [4.69, 9.17) is 0 Å². The molecule has 2 aromatic rings. The van der Waals surface area contributed by atoms with Crippen molar-refractivity contribution in [3.63, 3.8) is 0 Å². The van der Waals surface area contributed by atoms with E-state index in [9.17, 15) is 0 Å². The van der Waals surface area contributed by atoms with Crippen LogP contribution in [0.15, 0.2) is 6.33 Å². The molecule has 0 amide bonds. The summed E-state index contributed by atoms with van der Waals surface area (Å²) in [6.45, 7) is 14.4. The molecule has 2 heterocycles. The van der Waals surface area contributed by atoms with Crippen LogP contribution in [0.5, 0.6) is 0 Å². The third-order valence-corrected chi connectivity index (χ3v) is 5.73. The van der Waals surface area contributed by atoms with E-state index in [-0.39, 0.29) is 0 Å². The summed E-state index contributed by atoms with van der Waals surface area (Å²) in [5, 5.41) is 16.2. The zero-order valence-electron chi connectivity index (χ0n) is 13.2. The fourth-order valence-electron chi connectivity index (χ4n) is 3.31. The van der Waals surface area contributed by atoms with Gasteiger partial charge in [0.2, 0.25) is 5.65 Å². The monoisotopic (exact) mass is 273 g/mol. The van der Waals surface area contributed by atoms with Crippen LogP contribution < -0.4 is 5.32 Å². The van der Waals surface area contributed by atoms with E-state index < -0.39 is 0 Å². The predicted octanol–water partition coefficient (Wildman–Crippen LogP) is 2.84. The number of rotatable bonds is 3. The van der Waals surface area contributed by atoms with Gasteiger partial charge in [-0.1, -0.05) is 27.7 Å². The zero-order chi connectivity index (χ0) is 14.7. The average Bonchev–Trinajstić information content (AvgIpc) is 2.72. The van der Waals surface area contributed by atoms with E-state index in [1.165, 1.54) is 0 Å². The normalized spacial score (nSPS) is 20.3. The minimum atomic E-state index is 0.389. The van der Waals surface area contributed by atoms with Crippen LogP contribution in [0.3, 0.4) is 0 Å². The van der Waals surface area contributed by atoms with Crippen molar-refractivity contribution >= 4 is 11.3 Å². The molecule has 1 aliphatic rings. The van der Waals surface area contributed by atoms with Gasteiger partial charge < -0.3 is 5.32 Å². The molecule has 0 unspecified atom stereocenters. The third-order valence-electron chi connectivity index (χ3n) is 5.73. The molecule has 0 atom stereocenters. The van der Waals surface area contributed by atoms with E-state index in [2.05, 4.69) is 55.2 Å². The van der Waals surface area contributed by atoms with Crippen LogP contribution in [0.4, 0.5) is 5.69 Å². The first-order valence-corrected chi connectivity index (χ1v) is 7.18. The highest BCUT2D eigenvalue weighted by Gasteiger charge is 2.64. The molecule has 1 N–H and O–H groups in total. The van der Waals surface area contributed by atoms with Crippen LogP contribution in [0.25, 0.3) is 5.65 Å². The SMILES string of the molecule is Cc1nn2cnnc2c(NCC2C(C)(C)C2(C)C)c1C. The summed E-state index contributed by atoms with van der Waals surface area (Å²) in [6, 6.07) is 0. The van der Waals surface area contributed by atoms with Gasteiger partial charge in [-0.05, 0) is 36.2 Å². The molecule has 0 aromatic carbocycles. The van der Waals surface area contributed by atoms with Crippen LogP contribution in [0, 0.1) is 30.6 Å². The molecule has 20 heavy (non-hydrogen) atoms. The topological polar surface area (TPSA) is 55.1 Å². The van der Waals surface area contributed by atoms with Crippen molar-refractivity contribution in [1.29, 1.82) is 0 Å². The zero-order valence-corrected chi connectivity index (χ0v) is 13.2. The van der Waals surface area contributed by atoms with Crippen LogP contribution >= 0.6 is 0 Å². The highest BCUT2D eigenvalue weighted by Crippen LogP contribution is 2.68. The molecule has 5 heteroatoms. The Morgan fingerprint density at radius 2 is 1.85 bits per heavy atom. The van der Waals surface area contributed by atoms with Crippen molar-refractivity contribution in [2.24, 2.45) is 16.7 Å². The lowest BCUT2D eigenvalue weighted by atomic mass is 10.0. The Hall–Kier alpha value is -1.65. The predicted molar refractivity (Wildman–Crippen MR) is 79.8 cm³/mol. The lowest BCUT2D eigenvalue weighted by molar-refractivity contribution is 0.457. The molecule has 1 aliphatic carbocycles. The van der Waals surface area contributed by atoms with E-state index in [1.54, 1.807) is 10.8 Å². The first-order chi connectivity index (χ1) is 9.26. The largest absolute Gasteiger partial charge is 0.381 e. The van der Waals surface area contributed by atoms with Gasteiger partial charge in [0.05, 0.1) is 11.4 Å². The van der Waals surface area contributed by atoms with Crippen molar-refractivity contribution in [2.45, 2.75) is 41.5 Å². The number of aromatic nitrogens is 4. The maximum Gasteiger partial charge on any atom is 0.200 e. The summed E-state index contributed by atoms with van der Waals surface area (Å²) in [4.78, 5) is 0. The highest BCUT2D eigenvalue weighted by molar-refractivity contribution is 5.71. The number of hydrogen-bond donors (Lipinski definition) is 1. The standard InChI is InChI=1S/C15H23N5/c1-9-10(2)19-20-8-17-18-13(20)12(9)16-7-11-14(3,4)15(11,5)6/h8,11,16H,7H2,1-6H3. The highest BCUT2D eigenvalue weighted by atomic mass is 15.3. The lowest BCUT2D eigenvalue weighted by Crippen LogP contribution is -2.12. The molecular weight excluding hydrogens is 250 g/mol. The van der Waals surface area contributed by atoms with Gasteiger partial charge in [0.25, 0.3) is 0 Å². The van der Waals surface area contributed by atoms with Gasteiger partial charge in [-0.2, -0.15) is 9.61 Å². The third kappa shape index (κ3) is 1.65. The van der Waals surface area contributed by atoms with Gasteiger partial charge in [-0.25, -0.2) is 0 Å². The molecule has 1 saturated carbocycles. The Kier molecular flexibility index (Phi) is 2.62. The first kappa shape index (κ1) is 13.3. The van der Waals surface area contributed by atoms with Crippen molar-refractivity contribution in [3.8, 4) is 0 Å². The summed E-state index contributed by atoms with van der Waals surface area (Å²) in [5.74, 6) is 0.672. The van der Waals surface area contributed by atoms with Gasteiger partial charge in [0.15, 0.2) is 0 Å². The summed E-state index contributed by atoms with van der Waals surface area (Å²) >= 11 is 0. The van der Waals surface area contributed by atoms with E-state index in [0.717, 1.165) is 29.1 Å². The maximum absolute atomic E-state index is 4.45. The van der Waals surface area contributed by atoms with E-state index in [0.29, 0.717) is 16.7 Å². The minimum Gasteiger partial charge on any atom is -0.381 e. The average molecular weight is 273 g/mol. The quantitative estimate of drug-likeness (QED) is 0.934. The molecule has 1 fully saturated rings. The van der Waals surface area contributed by atoms with Gasteiger partial charge in [-0.3, -0.25) is 0 Å². The molecule has 0 aliphatic heterocycles. The van der Waals surface area contributed by atoms with Gasteiger partial charge in [0, 0.05) is 6.54 Å². The second-order valence-corrected chi connectivity index (χ2v) is 7.06. The van der Waals surface area contributed by atoms with Crippen LogP contribution in [-0.4, -0.2) is 26.4 Å². The second kappa shape index (κ2) is 3.93. The Morgan fingerprint density at radius 3 is 2.45 bits per heavy atom. The number of nitrogens with one attached hydrogen (secondary N) is 1. The molecule has 2 aromatic heterocycles. The van der Waals surface area contributed by atoms with E-state index >= 15 is 0 Å². The molecule has 5 nitrogen and oxygen atoms in total. The Morgan fingerprint density at radius 1 is 1.20 bits per heavy atom. The Balaban J connectivity index is 1.89. The van der Waals surface area contributed by atoms with Crippen molar-refractivity contribution in [3.05, 3.63) is 17.6 Å². The number of anilines is 1. The summed E-state index contributed by atoms with van der Waals surface area (Å²) < 4.78 is 1.74. The van der Waals surface area contributed by atoms with Crippen LogP contribution in [0.1, 0.15) is 39.0 Å². The maximum atomic E-state index is 4.45. The van der Waals surface area contributed by atoms with E-state index in [1.807, 2.05) is 6.92 Å². The van der Waals surface area contributed by atoms with Gasteiger partial charge in [0.1, 0.15) is 6.33 Å². The van der Waals surface area contributed by atoms with Crippen LogP contribution in [-0.2, 0) is 0 Å². The molecule has 0 bridgehead atoms. The van der Waals surface area contributed by atoms with Gasteiger partial charge in [-0.15, -0.1) is 10.2 Å². The smallest absolute Gasteiger partial charge is 0.200 e. The van der Waals surface area contributed by atoms with Crippen molar-refractivity contribution in [2.75, 3.05) is 11.9 Å². The summed E-state index contributed by atoms with van der Waals surface area (Å²) in [7, 11) is 0. The lowest BCUT2D eigenvalue weighted by Gasteiger charge is -2.12. The molecular formula is C15H23N5. The minimum absolute atomic E-state index is 0.389. The van der Waals surface area contributed by atoms with Crippen LogP contribution in [0.2, 0.25) is 0 Å². The summed E-state index contributed by atoms with van der Waals surface area (Å²) in [6.07, 6.45) is 1.65.